The van der Waals surface area contributed by atoms with Crippen LogP contribution < -0.4 is 13.8 Å². The second-order valence-corrected chi connectivity index (χ2v) is 8.62. The van der Waals surface area contributed by atoms with E-state index in [0.29, 0.717) is 30.8 Å². The van der Waals surface area contributed by atoms with Crippen molar-refractivity contribution in [1.29, 1.82) is 0 Å². The molecule has 0 aromatic heterocycles. The normalized spacial score (nSPS) is 14.7. The van der Waals surface area contributed by atoms with Crippen LogP contribution in [0.1, 0.15) is 30.5 Å². The predicted molar refractivity (Wildman–Crippen MR) is 116 cm³/mol. The van der Waals surface area contributed by atoms with Gasteiger partial charge in [0.25, 0.3) is 0 Å². The fourth-order valence-electron chi connectivity index (χ4n) is 3.26. The lowest BCUT2D eigenvalue weighted by Crippen LogP contribution is -2.33. The molecule has 3 N–H and O–H groups in total. The standard InChI is InChI=1S/C21H25N3O6S/c1-4-23(5-2)21(27)30-19-9-6-14(3)10-16(19)11-15-7-8-17(18(25)12-15)24-13-20(26)22-31(24,28)29/h6-10,12-13,22,25-26H,4-5,11H2,1-3H3. The third-order valence-electron chi connectivity index (χ3n) is 4.84. The zero-order valence-corrected chi connectivity index (χ0v) is 18.3. The van der Waals surface area contributed by atoms with E-state index in [1.165, 1.54) is 12.1 Å². The van der Waals surface area contributed by atoms with Crippen molar-refractivity contribution in [1.82, 2.24) is 9.62 Å². The van der Waals surface area contributed by atoms with Crippen molar-refractivity contribution in [2.45, 2.75) is 27.2 Å². The zero-order chi connectivity index (χ0) is 22.8. The minimum absolute atomic E-state index is 0.00210. The molecular weight excluding hydrogens is 422 g/mol. The number of nitrogens with one attached hydrogen (secondary N) is 1. The molecule has 3 rings (SSSR count). The van der Waals surface area contributed by atoms with Gasteiger partial charge < -0.3 is 19.8 Å². The Balaban J connectivity index is 1.87. The van der Waals surface area contributed by atoms with Crippen LogP contribution >= 0.6 is 0 Å². The molecule has 1 aliphatic rings. The van der Waals surface area contributed by atoms with Crippen LogP contribution in [0.15, 0.2) is 48.5 Å². The molecule has 0 radical (unpaired) electrons. The monoisotopic (exact) mass is 447 g/mol. The number of aryl methyl sites for hydroxylation is 1. The SMILES string of the molecule is CCN(CC)C(=O)Oc1ccc(C)cc1Cc1ccc(N2C=C(O)NS2(=O)=O)c(O)c1. The quantitative estimate of drug-likeness (QED) is 0.626. The van der Waals surface area contributed by atoms with Crippen LogP contribution in [0.5, 0.6) is 11.5 Å². The topological polar surface area (TPSA) is 119 Å². The minimum Gasteiger partial charge on any atom is -0.506 e. The largest absolute Gasteiger partial charge is 0.506 e. The van der Waals surface area contributed by atoms with Crippen molar-refractivity contribution < 1.29 is 28.2 Å². The van der Waals surface area contributed by atoms with E-state index >= 15 is 0 Å². The van der Waals surface area contributed by atoms with Crippen molar-refractivity contribution >= 4 is 22.0 Å². The molecule has 166 valence electrons. The smallest absolute Gasteiger partial charge is 0.415 e. The lowest BCUT2D eigenvalue weighted by Gasteiger charge is -2.20. The molecule has 0 spiro atoms. The molecule has 0 saturated carbocycles. The van der Waals surface area contributed by atoms with Crippen LogP contribution in [-0.2, 0) is 16.6 Å². The van der Waals surface area contributed by atoms with Gasteiger partial charge in [-0.1, -0.05) is 23.8 Å². The first-order chi connectivity index (χ1) is 14.6. The molecule has 31 heavy (non-hydrogen) atoms. The van der Waals surface area contributed by atoms with E-state index in [2.05, 4.69) is 0 Å². The molecule has 0 aliphatic carbocycles. The van der Waals surface area contributed by atoms with Gasteiger partial charge in [-0.2, -0.15) is 8.42 Å². The molecule has 0 fully saturated rings. The van der Waals surface area contributed by atoms with Crippen molar-refractivity contribution in [3.05, 3.63) is 65.2 Å². The third kappa shape index (κ3) is 4.85. The Hall–Kier alpha value is -3.40. The second-order valence-electron chi connectivity index (χ2n) is 7.07. The lowest BCUT2D eigenvalue weighted by atomic mass is 10.0. The summed E-state index contributed by atoms with van der Waals surface area (Å²) in [4.78, 5) is 13.9. The molecule has 0 bridgehead atoms. The Morgan fingerprint density at radius 2 is 1.84 bits per heavy atom. The number of carbonyl (C=O) groups is 1. The van der Waals surface area contributed by atoms with Crippen LogP contribution in [0.2, 0.25) is 0 Å². The molecule has 1 heterocycles. The summed E-state index contributed by atoms with van der Waals surface area (Å²) >= 11 is 0. The fourth-order valence-corrected chi connectivity index (χ4v) is 4.33. The van der Waals surface area contributed by atoms with Crippen LogP contribution in [0, 0.1) is 6.92 Å². The molecule has 1 amide bonds. The van der Waals surface area contributed by atoms with E-state index in [-0.39, 0.29) is 11.4 Å². The summed E-state index contributed by atoms with van der Waals surface area (Å²) in [6, 6.07) is 10.0. The van der Waals surface area contributed by atoms with Crippen molar-refractivity contribution in [3.63, 3.8) is 0 Å². The first-order valence-electron chi connectivity index (χ1n) is 9.75. The summed E-state index contributed by atoms with van der Waals surface area (Å²) in [6.07, 6.45) is 0.879. The number of aliphatic hydroxyl groups excluding tert-OH is 1. The number of aliphatic hydroxyl groups is 1. The highest BCUT2D eigenvalue weighted by Gasteiger charge is 2.30. The first-order valence-corrected chi connectivity index (χ1v) is 11.2. The Kier molecular flexibility index (Phi) is 6.30. The number of benzene rings is 2. The summed E-state index contributed by atoms with van der Waals surface area (Å²) < 4.78 is 32.3. The highest BCUT2D eigenvalue weighted by Crippen LogP contribution is 2.34. The maximum atomic E-state index is 12.4. The number of phenolic OH excluding ortho intramolecular Hbond substituents is 1. The summed E-state index contributed by atoms with van der Waals surface area (Å²) in [6.45, 7) is 6.73. The summed E-state index contributed by atoms with van der Waals surface area (Å²) in [5.41, 5.74) is 2.41. The summed E-state index contributed by atoms with van der Waals surface area (Å²) in [7, 11) is -4.00. The number of rotatable bonds is 6. The van der Waals surface area contributed by atoms with E-state index in [1.54, 1.807) is 17.0 Å². The van der Waals surface area contributed by atoms with Crippen molar-refractivity contribution in [3.8, 4) is 11.5 Å². The van der Waals surface area contributed by atoms with E-state index in [1.807, 2.05) is 37.6 Å². The molecule has 10 heteroatoms. The minimum atomic E-state index is -4.00. The van der Waals surface area contributed by atoms with Crippen LogP contribution in [0.25, 0.3) is 0 Å². The molecular formula is C21H25N3O6S. The number of nitrogens with zero attached hydrogens (tertiary/aromatic N) is 2. The van der Waals surface area contributed by atoms with Gasteiger partial charge >= 0.3 is 16.3 Å². The molecule has 1 aliphatic heterocycles. The lowest BCUT2D eigenvalue weighted by molar-refractivity contribution is 0.157. The van der Waals surface area contributed by atoms with Crippen LogP contribution in [0.4, 0.5) is 10.5 Å². The highest BCUT2D eigenvalue weighted by molar-refractivity contribution is 7.91. The number of ether oxygens (including phenoxy) is 1. The molecule has 0 unspecified atom stereocenters. The van der Waals surface area contributed by atoms with Gasteiger partial charge in [0.1, 0.15) is 17.2 Å². The zero-order valence-electron chi connectivity index (χ0n) is 17.5. The van der Waals surface area contributed by atoms with Gasteiger partial charge in [-0.3, -0.25) is 0 Å². The van der Waals surface area contributed by atoms with Gasteiger partial charge in [0.15, 0.2) is 0 Å². The van der Waals surface area contributed by atoms with Gasteiger partial charge in [0, 0.05) is 19.5 Å². The summed E-state index contributed by atoms with van der Waals surface area (Å²) in [5.74, 6) is -0.392. The molecule has 9 nitrogen and oxygen atoms in total. The average molecular weight is 448 g/mol. The van der Waals surface area contributed by atoms with Crippen molar-refractivity contribution in [2.75, 3.05) is 17.4 Å². The Morgan fingerprint density at radius 3 is 2.42 bits per heavy atom. The second kappa shape index (κ2) is 8.76. The number of hydrogen-bond donors (Lipinski definition) is 3. The maximum Gasteiger partial charge on any atom is 0.415 e. The maximum absolute atomic E-state index is 12.4. The molecule has 2 aromatic rings. The van der Waals surface area contributed by atoms with E-state index in [9.17, 15) is 23.4 Å². The number of hydrogen-bond acceptors (Lipinski definition) is 6. The number of amides is 1. The Labute approximate surface area is 181 Å². The van der Waals surface area contributed by atoms with Gasteiger partial charge in [-0.05, 0) is 50.1 Å². The van der Waals surface area contributed by atoms with Crippen LogP contribution in [-0.4, -0.2) is 42.7 Å². The number of aromatic hydroxyl groups is 1. The van der Waals surface area contributed by atoms with Gasteiger partial charge in [0.05, 0.1) is 6.20 Å². The molecule has 2 aromatic carbocycles. The molecule has 0 atom stereocenters. The Bertz CT molecular complexity index is 1130. The van der Waals surface area contributed by atoms with Gasteiger partial charge in [-0.15, -0.1) is 0 Å². The van der Waals surface area contributed by atoms with E-state index in [4.69, 9.17) is 4.74 Å². The number of anilines is 1. The third-order valence-corrected chi connectivity index (χ3v) is 6.13. The van der Waals surface area contributed by atoms with Crippen LogP contribution in [0.3, 0.4) is 0 Å². The summed E-state index contributed by atoms with van der Waals surface area (Å²) in [5, 5.41) is 19.9. The van der Waals surface area contributed by atoms with E-state index in [0.717, 1.165) is 21.6 Å². The molecule has 0 saturated heterocycles. The number of phenols is 1. The first kappa shape index (κ1) is 22.3. The van der Waals surface area contributed by atoms with Gasteiger partial charge in [0.2, 0.25) is 5.88 Å². The fraction of sp³-hybridized carbons (Fsp3) is 0.286. The Morgan fingerprint density at radius 1 is 1.13 bits per heavy atom. The van der Waals surface area contributed by atoms with Gasteiger partial charge in [-0.25, -0.2) is 13.8 Å². The highest BCUT2D eigenvalue weighted by atomic mass is 32.2. The van der Waals surface area contributed by atoms with E-state index < -0.39 is 22.2 Å². The predicted octanol–water partition coefficient (Wildman–Crippen LogP) is 3.14. The number of carbonyl (C=O) groups excluding carboxylic acids is 1. The van der Waals surface area contributed by atoms with Crippen molar-refractivity contribution in [2.24, 2.45) is 0 Å². The average Bonchev–Trinajstić information content (AvgIpc) is 2.97.